The zero-order valence-electron chi connectivity index (χ0n) is 21.1. The van der Waals surface area contributed by atoms with Gasteiger partial charge < -0.3 is 15.2 Å². The molecule has 2 N–H and O–H groups in total. The molecule has 0 bridgehead atoms. The number of nitrogens with zero attached hydrogens (tertiary/aromatic N) is 2. The van der Waals surface area contributed by atoms with Gasteiger partial charge in [0.2, 0.25) is 0 Å². The minimum absolute atomic E-state index is 0.00121. The molecule has 2 aliphatic heterocycles. The van der Waals surface area contributed by atoms with E-state index in [0.29, 0.717) is 37.9 Å². The number of carbonyl (C=O) groups excluding carboxylic acids is 3. The van der Waals surface area contributed by atoms with Gasteiger partial charge in [-0.3, -0.25) is 14.5 Å². The van der Waals surface area contributed by atoms with E-state index >= 15 is 0 Å². The van der Waals surface area contributed by atoms with Gasteiger partial charge in [-0.25, -0.2) is 4.79 Å². The minimum atomic E-state index is -0.958. The normalized spacial score (nSPS) is 20.1. The van der Waals surface area contributed by atoms with E-state index in [0.717, 1.165) is 23.7 Å². The second-order valence-electron chi connectivity index (χ2n) is 9.90. The van der Waals surface area contributed by atoms with E-state index in [4.69, 9.17) is 0 Å². The molecule has 4 amide bonds. The van der Waals surface area contributed by atoms with E-state index < -0.39 is 5.54 Å². The van der Waals surface area contributed by atoms with Crippen LogP contribution in [0.5, 0.6) is 0 Å². The number of amides is 4. The van der Waals surface area contributed by atoms with E-state index in [1.807, 2.05) is 53.6 Å². The van der Waals surface area contributed by atoms with Crippen molar-refractivity contribution < 1.29 is 14.4 Å². The van der Waals surface area contributed by atoms with Gasteiger partial charge in [-0.15, -0.1) is 5.92 Å². The third-order valence-electron chi connectivity index (χ3n) is 7.77. The van der Waals surface area contributed by atoms with Crippen LogP contribution in [0.3, 0.4) is 0 Å². The molecule has 190 valence electrons. The Labute approximate surface area is 217 Å². The highest BCUT2D eigenvalue weighted by Gasteiger charge is 2.55. The number of hydrogen-bond donors (Lipinski definition) is 2. The minimum Gasteiger partial charge on any atom is -0.361 e. The third-order valence-corrected chi connectivity index (χ3v) is 7.77. The fourth-order valence-corrected chi connectivity index (χ4v) is 5.76. The number of aromatic amines is 1. The molecule has 1 aromatic heterocycles. The average molecular weight is 497 g/mol. The monoisotopic (exact) mass is 496 g/mol. The van der Waals surface area contributed by atoms with Gasteiger partial charge in [-0.05, 0) is 74.8 Å². The fourth-order valence-electron chi connectivity index (χ4n) is 5.76. The maximum atomic E-state index is 13.7. The van der Waals surface area contributed by atoms with Crippen molar-refractivity contribution in [2.24, 2.45) is 5.92 Å². The molecule has 1 atom stereocenters. The Morgan fingerprint density at radius 2 is 1.86 bits per heavy atom. The molecule has 2 saturated heterocycles. The highest BCUT2D eigenvalue weighted by Crippen LogP contribution is 2.37. The number of benzene rings is 2. The van der Waals surface area contributed by atoms with E-state index in [1.54, 1.807) is 6.92 Å². The molecule has 3 heterocycles. The second kappa shape index (κ2) is 10.5. The summed E-state index contributed by atoms with van der Waals surface area (Å²) in [4.78, 5) is 46.1. The summed E-state index contributed by atoms with van der Waals surface area (Å²) in [5, 5.41) is 4.09. The van der Waals surface area contributed by atoms with Gasteiger partial charge in [-0.2, -0.15) is 0 Å². The van der Waals surface area contributed by atoms with Crippen molar-refractivity contribution >= 4 is 28.7 Å². The predicted molar refractivity (Wildman–Crippen MR) is 143 cm³/mol. The fraction of sp³-hybridized carbons (Fsp3) is 0.367. The summed E-state index contributed by atoms with van der Waals surface area (Å²) in [5.41, 5.74) is 1.92. The first-order valence-electron chi connectivity index (χ1n) is 13.0. The molecule has 2 aromatic carbocycles. The topological polar surface area (TPSA) is 85.5 Å². The largest absolute Gasteiger partial charge is 0.361 e. The van der Waals surface area contributed by atoms with Crippen LogP contribution in [0.2, 0.25) is 0 Å². The predicted octanol–water partition coefficient (Wildman–Crippen LogP) is 4.36. The van der Waals surface area contributed by atoms with Crippen molar-refractivity contribution in [3.8, 4) is 11.8 Å². The average Bonchev–Trinajstić information content (AvgIpc) is 3.49. The van der Waals surface area contributed by atoms with Crippen LogP contribution in [0.1, 0.15) is 48.5 Å². The summed E-state index contributed by atoms with van der Waals surface area (Å²) in [7, 11) is 0. The lowest BCUT2D eigenvalue weighted by molar-refractivity contribution is -0.133. The molecular formula is C30H32N4O3. The lowest BCUT2D eigenvalue weighted by atomic mass is 9.74. The summed E-state index contributed by atoms with van der Waals surface area (Å²) < 4.78 is 0. The summed E-state index contributed by atoms with van der Waals surface area (Å²) in [6.07, 6.45) is 5.35. The summed E-state index contributed by atoms with van der Waals surface area (Å²) in [6.45, 7) is 2.90. The number of H-pyrrole nitrogens is 1. The van der Waals surface area contributed by atoms with Gasteiger partial charge in [-0.1, -0.05) is 36.3 Å². The Kier molecular flexibility index (Phi) is 7.00. The first-order chi connectivity index (χ1) is 18.0. The van der Waals surface area contributed by atoms with Crippen molar-refractivity contribution in [3.05, 3.63) is 71.9 Å². The van der Waals surface area contributed by atoms with E-state index in [-0.39, 0.29) is 30.3 Å². The number of fused-ring (bicyclic) bond motifs is 1. The molecule has 2 aliphatic rings. The van der Waals surface area contributed by atoms with Crippen LogP contribution in [-0.4, -0.2) is 57.8 Å². The number of imide groups is 1. The first-order valence-corrected chi connectivity index (χ1v) is 13.0. The number of aromatic nitrogens is 1. The number of nitrogens with one attached hydrogen (secondary N) is 2. The van der Waals surface area contributed by atoms with Crippen LogP contribution in [0.4, 0.5) is 4.79 Å². The summed E-state index contributed by atoms with van der Waals surface area (Å²) >= 11 is 0. The van der Waals surface area contributed by atoms with Crippen molar-refractivity contribution in [2.45, 2.75) is 44.6 Å². The van der Waals surface area contributed by atoms with E-state index in [1.165, 1.54) is 10.5 Å². The van der Waals surface area contributed by atoms with E-state index in [9.17, 15) is 14.4 Å². The van der Waals surface area contributed by atoms with Gasteiger partial charge in [0.15, 0.2) is 0 Å². The standard InChI is InChI=1S/C30H32N4O3/c1-2-3-18-34-28(36)30(32-29(34)37,16-7-10-22-8-5-4-6-9-22)25-14-19-33(20-15-25)27(35)24-11-12-26-23(21-24)13-17-31-26/h4-6,8-9,11-13,17,21,25,31H,7,10,14-16,18-20H2,1H3,(H,32,37). The van der Waals surface area contributed by atoms with Gasteiger partial charge in [0, 0.05) is 35.8 Å². The van der Waals surface area contributed by atoms with Gasteiger partial charge in [0.1, 0.15) is 5.54 Å². The van der Waals surface area contributed by atoms with E-state index in [2.05, 4.69) is 34.3 Å². The number of aryl methyl sites for hydroxylation is 1. The lowest BCUT2D eigenvalue weighted by Crippen LogP contribution is -2.56. The summed E-state index contributed by atoms with van der Waals surface area (Å²) in [6, 6.07) is 17.5. The number of carbonyl (C=O) groups is 3. The highest BCUT2D eigenvalue weighted by molar-refractivity contribution is 6.07. The van der Waals surface area contributed by atoms with Crippen molar-refractivity contribution in [1.82, 2.24) is 20.1 Å². The van der Waals surface area contributed by atoms with Gasteiger partial charge in [0.25, 0.3) is 11.8 Å². The number of urea groups is 1. The zero-order valence-corrected chi connectivity index (χ0v) is 21.1. The molecule has 7 heteroatoms. The SMILES string of the molecule is CC#CCN1C(=O)NC(CCCc2ccccc2)(C2CCN(C(=O)c3ccc4[nH]ccc4c3)CC2)C1=O. The Hall–Kier alpha value is -4.05. The zero-order chi connectivity index (χ0) is 25.8. The van der Waals surface area contributed by atoms with Crippen LogP contribution < -0.4 is 5.32 Å². The molecule has 3 aromatic rings. The summed E-state index contributed by atoms with van der Waals surface area (Å²) in [5.74, 6) is 5.42. The third kappa shape index (κ3) is 4.84. The smallest absolute Gasteiger partial charge is 0.325 e. The highest BCUT2D eigenvalue weighted by atomic mass is 16.2. The lowest BCUT2D eigenvalue weighted by Gasteiger charge is -2.41. The molecule has 2 fully saturated rings. The van der Waals surface area contributed by atoms with Crippen molar-refractivity contribution in [3.63, 3.8) is 0 Å². The maximum absolute atomic E-state index is 13.7. The van der Waals surface area contributed by atoms with Crippen molar-refractivity contribution in [1.29, 1.82) is 0 Å². The molecule has 0 spiro atoms. The van der Waals surface area contributed by atoms with Crippen molar-refractivity contribution in [2.75, 3.05) is 19.6 Å². The number of piperidine rings is 1. The molecule has 37 heavy (non-hydrogen) atoms. The quantitative estimate of drug-likeness (QED) is 0.377. The van der Waals surface area contributed by atoms with Crippen LogP contribution in [0.25, 0.3) is 10.9 Å². The maximum Gasteiger partial charge on any atom is 0.325 e. The molecule has 5 rings (SSSR count). The van der Waals surface area contributed by atoms with Crippen LogP contribution in [0.15, 0.2) is 60.8 Å². The number of rotatable bonds is 7. The Bertz CT molecular complexity index is 1360. The molecule has 1 unspecified atom stereocenters. The molecule has 0 radical (unpaired) electrons. The first kappa shape index (κ1) is 24.6. The Balaban J connectivity index is 1.31. The number of likely N-dealkylation sites (tertiary alicyclic amines) is 1. The molecular weight excluding hydrogens is 464 g/mol. The second-order valence-corrected chi connectivity index (χ2v) is 9.90. The van der Waals surface area contributed by atoms with Crippen LogP contribution >= 0.6 is 0 Å². The molecule has 0 saturated carbocycles. The Morgan fingerprint density at radius 3 is 2.62 bits per heavy atom. The van der Waals surface area contributed by atoms with Gasteiger partial charge >= 0.3 is 6.03 Å². The van der Waals surface area contributed by atoms with Crippen LogP contribution in [-0.2, 0) is 11.2 Å². The molecule has 0 aliphatic carbocycles. The van der Waals surface area contributed by atoms with Gasteiger partial charge in [0.05, 0.1) is 6.54 Å². The molecule has 7 nitrogen and oxygen atoms in total. The number of hydrogen-bond acceptors (Lipinski definition) is 3. The van der Waals surface area contributed by atoms with Crippen LogP contribution in [0, 0.1) is 17.8 Å². The Morgan fingerprint density at radius 1 is 1.08 bits per heavy atom.